The molecule has 0 unspecified atom stereocenters. The van der Waals surface area contributed by atoms with E-state index < -0.39 is 0 Å². The largest absolute Gasteiger partial charge is 0.324 e. The van der Waals surface area contributed by atoms with E-state index in [0.717, 1.165) is 11.3 Å². The first-order valence-electron chi connectivity index (χ1n) is 5.34. The highest BCUT2D eigenvalue weighted by Gasteiger charge is 2.04. The zero-order valence-electron chi connectivity index (χ0n) is 9.84. The summed E-state index contributed by atoms with van der Waals surface area (Å²) in [5, 5.41) is 6.69. The van der Waals surface area contributed by atoms with Gasteiger partial charge >= 0.3 is 0 Å². The van der Waals surface area contributed by atoms with E-state index in [9.17, 15) is 4.79 Å². The first-order valence-corrected chi connectivity index (χ1v) is 5.34. The average molecular weight is 230 g/mol. The van der Waals surface area contributed by atoms with Crippen molar-refractivity contribution in [3.05, 3.63) is 42.0 Å². The van der Waals surface area contributed by atoms with Gasteiger partial charge in [0.15, 0.2) is 0 Å². The van der Waals surface area contributed by atoms with Crippen molar-refractivity contribution >= 4 is 11.6 Å². The van der Waals surface area contributed by atoms with Crippen molar-refractivity contribution < 1.29 is 4.79 Å². The second-order valence-corrected chi connectivity index (χ2v) is 3.94. The van der Waals surface area contributed by atoms with Crippen LogP contribution in [0, 0.1) is 13.8 Å². The number of hydrogen-bond acceptors (Lipinski definition) is 3. The lowest BCUT2D eigenvalue weighted by atomic mass is 10.1. The van der Waals surface area contributed by atoms with Crippen LogP contribution in [0.2, 0.25) is 0 Å². The maximum atomic E-state index is 11.7. The summed E-state index contributed by atoms with van der Waals surface area (Å²) in [5.74, 6) is -0.112. The topological polar surface area (TPSA) is 59.8 Å². The summed E-state index contributed by atoms with van der Waals surface area (Å²) in [6, 6.07) is 5.83. The highest BCUT2D eigenvalue weighted by Crippen LogP contribution is 2.13. The molecule has 0 fully saturated rings. The highest BCUT2D eigenvalue weighted by molar-refractivity contribution is 5.90. The Balaban J connectivity index is 2.00. The van der Waals surface area contributed by atoms with Crippen LogP contribution in [0.15, 0.2) is 30.9 Å². The predicted molar refractivity (Wildman–Crippen MR) is 64.6 cm³/mol. The number of nitrogens with zero attached hydrogens (tertiary/aromatic N) is 3. The molecule has 0 aliphatic carbocycles. The Kier molecular flexibility index (Phi) is 3.18. The molecule has 0 atom stereocenters. The molecule has 17 heavy (non-hydrogen) atoms. The number of carbonyl (C=O) groups excluding carboxylic acids is 1. The van der Waals surface area contributed by atoms with Crippen molar-refractivity contribution in [1.29, 1.82) is 0 Å². The number of aryl methyl sites for hydroxylation is 2. The van der Waals surface area contributed by atoms with E-state index in [4.69, 9.17) is 0 Å². The van der Waals surface area contributed by atoms with Crippen LogP contribution in [0.4, 0.5) is 5.69 Å². The molecule has 5 nitrogen and oxygen atoms in total. The fourth-order valence-electron chi connectivity index (χ4n) is 1.48. The summed E-state index contributed by atoms with van der Waals surface area (Å²) in [7, 11) is 0. The Hall–Kier alpha value is -2.17. The third-order valence-electron chi connectivity index (χ3n) is 2.56. The van der Waals surface area contributed by atoms with E-state index >= 15 is 0 Å². The SMILES string of the molecule is Cc1ccc(NC(=O)Cn2cncn2)cc1C. The van der Waals surface area contributed by atoms with E-state index in [-0.39, 0.29) is 12.5 Å². The molecule has 1 heterocycles. The summed E-state index contributed by atoms with van der Waals surface area (Å²) in [4.78, 5) is 15.5. The molecule has 1 amide bonds. The molecule has 0 aliphatic heterocycles. The number of anilines is 1. The van der Waals surface area contributed by atoms with E-state index in [2.05, 4.69) is 15.4 Å². The number of hydrogen-bond donors (Lipinski definition) is 1. The van der Waals surface area contributed by atoms with Crippen LogP contribution in [-0.4, -0.2) is 20.7 Å². The van der Waals surface area contributed by atoms with Crippen molar-refractivity contribution in [2.24, 2.45) is 0 Å². The van der Waals surface area contributed by atoms with E-state index in [0.29, 0.717) is 0 Å². The lowest BCUT2D eigenvalue weighted by Gasteiger charge is -2.07. The lowest BCUT2D eigenvalue weighted by molar-refractivity contribution is -0.116. The van der Waals surface area contributed by atoms with Crippen LogP contribution in [0.5, 0.6) is 0 Å². The standard InChI is InChI=1S/C12H14N4O/c1-9-3-4-11(5-10(9)2)15-12(17)6-16-8-13-7-14-16/h3-5,7-8H,6H2,1-2H3,(H,15,17). The zero-order valence-corrected chi connectivity index (χ0v) is 9.84. The summed E-state index contributed by atoms with van der Waals surface area (Å²) in [6.07, 6.45) is 2.92. The normalized spacial score (nSPS) is 10.2. The smallest absolute Gasteiger partial charge is 0.246 e. The maximum Gasteiger partial charge on any atom is 0.246 e. The third kappa shape index (κ3) is 2.90. The van der Waals surface area contributed by atoms with Gasteiger partial charge in [0, 0.05) is 5.69 Å². The minimum Gasteiger partial charge on any atom is -0.324 e. The Morgan fingerprint density at radius 2 is 2.18 bits per heavy atom. The van der Waals surface area contributed by atoms with Gasteiger partial charge in [0.25, 0.3) is 0 Å². The van der Waals surface area contributed by atoms with Gasteiger partial charge < -0.3 is 5.32 Å². The minimum atomic E-state index is -0.112. The molecular weight excluding hydrogens is 216 g/mol. The minimum absolute atomic E-state index is 0.112. The van der Waals surface area contributed by atoms with Gasteiger partial charge in [-0.15, -0.1) is 0 Å². The van der Waals surface area contributed by atoms with E-state index in [1.165, 1.54) is 22.9 Å². The quantitative estimate of drug-likeness (QED) is 0.870. The van der Waals surface area contributed by atoms with Crippen molar-refractivity contribution in [2.75, 3.05) is 5.32 Å². The van der Waals surface area contributed by atoms with Crippen LogP contribution in [-0.2, 0) is 11.3 Å². The molecular formula is C12H14N4O. The zero-order chi connectivity index (χ0) is 12.3. The highest BCUT2D eigenvalue weighted by atomic mass is 16.2. The van der Waals surface area contributed by atoms with Crippen LogP contribution in [0.3, 0.4) is 0 Å². The molecule has 0 bridgehead atoms. The molecule has 1 aromatic heterocycles. The molecule has 5 heteroatoms. The number of nitrogens with one attached hydrogen (secondary N) is 1. The van der Waals surface area contributed by atoms with E-state index in [1.807, 2.05) is 32.0 Å². The Labute approximate surface area is 99.5 Å². The number of carbonyl (C=O) groups is 1. The van der Waals surface area contributed by atoms with Gasteiger partial charge in [-0.05, 0) is 37.1 Å². The molecule has 1 aromatic carbocycles. The summed E-state index contributed by atoms with van der Waals surface area (Å²) >= 11 is 0. The number of rotatable bonds is 3. The molecule has 0 radical (unpaired) electrons. The van der Waals surface area contributed by atoms with Gasteiger partial charge in [-0.25, -0.2) is 9.67 Å². The molecule has 0 saturated heterocycles. The van der Waals surface area contributed by atoms with Gasteiger partial charge in [-0.2, -0.15) is 5.10 Å². The number of benzene rings is 1. The van der Waals surface area contributed by atoms with Crippen molar-refractivity contribution in [3.63, 3.8) is 0 Å². The molecule has 0 aliphatic rings. The second kappa shape index (κ2) is 4.78. The van der Waals surface area contributed by atoms with Crippen molar-refractivity contribution in [2.45, 2.75) is 20.4 Å². The predicted octanol–water partition coefficient (Wildman–Crippen LogP) is 1.53. The van der Waals surface area contributed by atoms with Crippen molar-refractivity contribution in [1.82, 2.24) is 14.8 Å². The summed E-state index contributed by atoms with van der Waals surface area (Å²) in [6.45, 7) is 4.23. The number of aromatic nitrogens is 3. The van der Waals surface area contributed by atoms with E-state index in [1.54, 1.807) is 0 Å². The van der Waals surface area contributed by atoms with Crippen LogP contribution in [0.25, 0.3) is 0 Å². The van der Waals surface area contributed by atoms with Gasteiger partial charge in [0.2, 0.25) is 5.91 Å². The molecule has 2 rings (SSSR count). The Morgan fingerprint density at radius 1 is 1.35 bits per heavy atom. The van der Waals surface area contributed by atoms with Gasteiger partial charge in [0.1, 0.15) is 19.2 Å². The van der Waals surface area contributed by atoms with Gasteiger partial charge in [-0.1, -0.05) is 6.07 Å². The maximum absolute atomic E-state index is 11.7. The van der Waals surface area contributed by atoms with Crippen LogP contribution in [0.1, 0.15) is 11.1 Å². The van der Waals surface area contributed by atoms with Crippen LogP contribution < -0.4 is 5.32 Å². The molecule has 1 N–H and O–H groups in total. The molecule has 2 aromatic rings. The average Bonchev–Trinajstić information content (AvgIpc) is 2.76. The molecule has 0 spiro atoms. The second-order valence-electron chi connectivity index (χ2n) is 3.94. The molecule has 0 saturated carbocycles. The fraction of sp³-hybridized carbons (Fsp3) is 0.250. The van der Waals surface area contributed by atoms with Crippen molar-refractivity contribution in [3.8, 4) is 0 Å². The Bertz CT molecular complexity index is 519. The monoisotopic (exact) mass is 230 g/mol. The summed E-state index contributed by atoms with van der Waals surface area (Å²) in [5.41, 5.74) is 3.17. The van der Waals surface area contributed by atoms with Gasteiger partial charge in [-0.3, -0.25) is 4.79 Å². The fourth-order valence-corrected chi connectivity index (χ4v) is 1.48. The van der Waals surface area contributed by atoms with Gasteiger partial charge in [0.05, 0.1) is 0 Å². The van der Waals surface area contributed by atoms with Crippen LogP contribution >= 0.6 is 0 Å². The molecule has 88 valence electrons. The first-order chi connectivity index (χ1) is 8.15. The lowest BCUT2D eigenvalue weighted by Crippen LogP contribution is -2.19. The number of amides is 1. The summed E-state index contributed by atoms with van der Waals surface area (Å²) < 4.78 is 1.48. The third-order valence-corrected chi connectivity index (χ3v) is 2.56. The first kappa shape index (κ1) is 11.3. The Morgan fingerprint density at radius 3 is 2.82 bits per heavy atom.